The highest BCUT2D eigenvalue weighted by atomic mass is 28.3. The third-order valence-electron chi connectivity index (χ3n) is 3.28. The fraction of sp³-hybridized carbons (Fsp3) is 0.667. The van der Waals surface area contributed by atoms with E-state index < -0.39 is 22.3 Å². The Balaban J connectivity index is 5.26. The van der Waals surface area contributed by atoms with Crippen molar-refractivity contribution in [3.8, 4) is 0 Å². The van der Waals surface area contributed by atoms with Crippen molar-refractivity contribution in [1.29, 1.82) is 0 Å². The first-order chi connectivity index (χ1) is 8.89. The molecule has 0 rings (SSSR count). The second-order valence-corrected chi connectivity index (χ2v) is 17.4. The summed E-state index contributed by atoms with van der Waals surface area (Å²) < 4.78 is 10.2. The Labute approximate surface area is 126 Å². The van der Waals surface area contributed by atoms with Crippen LogP contribution in [0.25, 0.3) is 0 Å². The number of allylic oxidation sites excluding steroid dienone is 3. The summed E-state index contributed by atoms with van der Waals surface area (Å²) in [5.41, 5.74) is 0. The van der Waals surface area contributed by atoms with Crippen molar-refractivity contribution in [3.05, 3.63) is 22.7 Å². The van der Waals surface area contributed by atoms with Gasteiger partial charge in [-0.1, -0.05) is 44.5 Å². The summed E-state index contributed by atoms with van der Waals surface area (Å²) in [7, 11) is -2.95. The normalized spacial score (nSPS) is 13.6. The fourth-order valence-corrected chi connectivity index (χ4v) is 4.47. The van der Waals surface area contributed by atoms with Gasteiger partial charge in [0.25, 0.3) is 0 Å². The van der Waals surface area contributed by atoms with E-state index in [2.05, 4.69) is 45.9 Å². The summed E-state index contributed by atoms with van der Waals surface area (Å²) in [6.45, 7) is 21.9. The van der Waals surface area contributed by atoms with Crippen LogP contribution in [0.5, 0.6) is 0 Å². The molecule has 0 radical (unpaired) electrons. The Morgan fingerprint density at radius 1 is 1.05 bits per heavy atom. The topological polar surface area (TPSA) is 35.5 Å². The lowest BCUT2D eigenvalue weighted by atomic mass is 10.3. The van der Waals surface area contributed by atoms with Gasteiger partial charge in [0.1, 0.15) is 5.76 Å². The first-order valence-electron chi connectivity index (χ1n) is 7.12. The van der Waals surface area contributed by atoms with E-state index in [9.17, 15) is 4.79 Å². The first kappa shape index (κ1) is 19.2. The van der Waals surface area contributed by atoms with E-state index in [1.807, 2.05) is 6.92 Å². The van der Waals surface area contributed by atoms with Crippen molar-refractivity contribution < 1.29 is 14.3 Å². The molecule has 0 atom stereocenters. The number of rotatable bonds is 6. The van der Waals surface area contributed by atoms with Gasteiger partial charge in [-0.15, -0.1) is 6.58 Å². The SMILES string of the molecule is C=C(C/C(=C(\C)OC(=O)OCC)[Si](C)(C)C)[Si](C)(C)C. The third kappa shape index (κ3) is 6.56. The monoisotopic (exact) mass is 314 g/mol. The van der Waals surface area contributed by atoms with E-state index in [0.29, 0.717) is 12.4 Å². The Morgan fingerprint density at radius 3 is 1.90 bits per heavy atom. The van der Waals surface area contributed by atoms with Gasteiger partial charge in [-0.3, -0.25) is 0 Å². The quantitative estimate of drug-likeness (QED) is 0.387. The predicted octanol–water partition coefficient (Wildman–Crippen LogP) is 5.13. The summed E-state index contributed by atoms with van der Waals surface area (Å²) in [6.07, 6.45) is 0.232. The highest BCUT2D eigenvalue weighted by Gasteiger charge is 2.28. The van der Waals surface area contributed by atoms with Crippen LogP contribution in [-0.4, -0.2) is 28.9 Å². The predicted molar refractivity (Wildman–Crippen MR) is 91.3 cm³/mol. The van der Waals surface area contributed by atoms with Gasteiger partial charge in [-0.2, -0.15) is 0 Å². The fourth-order valence-electron chi connectivity index (χ4n) is 1.73. The van der Waals surface area contributed by atoms with Crippen molar-refractivity contribution in [3.63, 3.8) is 0 Å². The van der Waals surface area contributed by atoms with Crippen LogP contribution >= 0.6 is 0 Å². The van der Waals surface area contributed by atoms with Crippen LogP contribution in [0.15, 0.2) is 22.7 Å². The van der Waals surface area contributed by atoms with Gasteiger partial charge < -0.3 is 9.47 Å². The number of carbonyl (C=O) groups excluding carboxylic acids is 1. The zero-order valence-electron chi connectivity index (χ0n) is 14.3. The number of hydrogen-bond acceptors (Lipinski definition) is 3. The Bertz CT molecular complexity index is 398. The minimum absolute atomic E-state index is 0.329. The molecule has 0 aromatic heterocycles. The van der Waals surface area contributed by atoms with E-state index in [4.69, 9.17) is 9.47 Å². The van der Waals surface area contributed by atoms with Crippen LogP contribution < -0.4 is 0 Å². The maximum Gasteiger partial charge on any atom is 0.513 e. The molecule has 0 heterocycles. The maximum atomic E-state index is 11.5. The maximum absolute atomic E-state index is 11.5. The van der Waals surface area contributed by atoms with E-state index in [0.717, 1.165) is 6.42 Å². The molecule has 0 aromatic rings. The van der Waals surface area contributed by atoms with Gasteiger partial charge in [-0.05, 0) is 25.5 Å². The highest BCUT2D eigenvalue weighted by Crippen LogP contribution is 2.29. The van der Waals surface area contributed by atoms with Gasteiger partial charge in [0.15, 0.2) is 0 Å². The van der Waals surface area contributed by atoms with Crippen LogP contribution in [0.4, 0.5) is 4.79 Å². The van der Waals surface area contributed by atoms with Crippen LogP contribution in [0.3, 0.4) is 0 Å². The van der Waals surface area contributed by atoms with E-state index in [1.54, 1.807) is 6.92 Å². The average molecular weight is 315 g/mol. The summed E-state index contributed by atoms with van der Waals surface area (Å²) in [5, 5.41) is 2.54. The van der Waals surface area contributed by atoms with Crippen LogP contribution in [0, 0.1) is 0 Å². The molecule has 20 heavy (non-hydrogen) atoms. The standard InChI is InChI=1S/C15H30O3Si2/c1-10-17-15(16)18-13(3)14(20(7,8)9)11-12(2)19(4,5)6/h2,10-11H2,1,3-9H3/b14-13-. The van der Waals surface area contributed by atoms with Crippen LogP contribution in [0.1, 0.15) is 20.3 Å². The summed E-state index contributed by atoms with van der Waals surface area (Å²) in [6, 6.07) is 0. The van der Waals surface area contributed by atoms with Crippen LogP contribution in [0.2, 0.25) is 39.3 Å². The molecule has 0 saturated heterocycles. The van der Waals surface area contributed by atoms with E-state index >= 15 is 0 Å². The molecule has 0 aliphatic carbocycles. The molecule has 0 amide bonds. The number of ether oxygens (including phenoxy) is 2. The summed E-state index contributed by atoms with van der Waals surface area (Å²) >= 11 is 0. The van der Waals surface area contributed by atoms with E-state index in [-0.39, 0.29) is 0 Å². The Hall–Kier alpha value is -0.816. The van der Waals surface area contributed by atoms with Gasteiger partial charge >= 0.3 is 6.16 Å². The molecule has 0 N–H and O–H groups in total. The minimum atomic E-state index is -1.57. The third-order valence-corrected chi connectivity index (χ3v) is 7.92. The largest absolute Gasteiger partial charge is 0.513 e. The van der Waals surface area contributed by atoms with Crippen molar-refractivity contribution >= 4 is 22.3 Å². The molecule has 0 bridgehead atoms. The molecule has 116 valence electrons. The Kier molecular flexibility index (Phi) is 6.97. The molecular formula is C15H30O3Si2. The molecule has 0 aliphatic heterocycles. The van der Waals surface area contributed by atoms with Gasteiger partial charge in [0, 0.05) is 0 Å². The molecule has 0 aliphatic rings. The van der Waals surface area contributed by atoms with E-state index in [1.165, 1.54) is 10.4 Å². The van der Waals surface area contributed by atoms with Gasteiger partial charge in [-0.25, -0.2) is 4.79 Å². The van der Waals surface area contributed by atoms with Gasteiger partial charge in [0.05, 0.1) is 22.8 Å². The molecule has 3 nitrogen and oxygen atoms in total. The number of carbonyl (C=O) groups is 1. The highest BCUT2D eigenvalue weighted by molar-refractivity contribution is 6.85. The molecule has 0 spiro atoms. The summed E-state index contributed by atoms with van der Waals surface area (Å²) in [5.74, 6) is 0.696. The van der Waals surface area contributed by atoms with Crippen molar-refractivity contribution in [2.24, 2.45) is 0 Å². The minimum Gasteiger partial charge on any atom is -0.434 e. The zero-order chi connectivity index (χ0) is 16.1. The smallest absolute Gasteiger partial charge is 0.434 e. The van der Waals surface area contributed by atoms with Crippen molar-refractivity contribution in [2.75, 3.05) is 6.61 Å². The molecule has 0 saturated carbocycles. The second kappa shape index (κ2) is 7.27. The molecule has 5 heteroatoms. The van der Waals surface area contributed by atoms with Crippen molar-refractivity contribution in [2.45, 2.75) is 59.6 Å². The Morgan fingerprint density at radius 2 is 1.55 bits per heavy atom. The molecule has 0 unspecified atom stereocenters. The molecule has 0 aromatic carbocycles. The molecule has 0 fully saturated rings. The second-order valence-electron chi connectivity index (χ2n) is 7.10. The zero-order valence-corrected chi connectivity index (χ0v) is 16.3. The lowest BCUT2D eigenvalue weighted by Crippen LogP contribution is -2.31. The molecular weight excluding hydrogens is 284 g/mol. The first-order valence-corrected chi connectivity index (χ1v) is 14.1. The van der Waals surface area contributed by atoms with Gasteiger partial charge in [0.2, 0.25) is 0 Å². The lowest BCUT2D eigenvalue weighted by molar-refractivity contribution is 0.0814. The number of hydrogen-bond donors (Lipinski definition) is 0. The van der Waals surface area contributed by atoms with Crippen molar-refractivity contribution in [1.82, 2.24) is 0 Å². The average Bonchev–Trinajstić information content (AvgIpc) is 2.22. The van der Waals surface area contributed by atoms with Crippen LogP contribution in [-0.2, 0) is 9.47 Å². The lowest BCUT2D eigenvalue weighted by Gasteiger charge is -2.28. The summed E-state index contributed by atoms with van der Waals surface area (Å²) in [4.78, 5) is 11.5.